The molecular weight excluding hydrogens is 320 g/mol. The smallest absolute Gasteiger partial charge is 0.409 e. The lowest BCUT2D eigenvalue weighted by atomic mass is 10.0. The third-order valence-corrected chi connectivity index (χ3v) is 4.31. The number of hydrogen-bond acceptors (Lipinski definition) is 4. The molecule has 0 aliphatic carbocycles. The molecule has 2 aromatic rings. The van der Waals surface area contributed by atoms with Gasteiger partial charge in [-0.25, -0.2) is 4.79 Å². The Balaban J connectivity index is 1.57. The van der Waals surface area contributed by atoms with Gasteiger partial charge < -0.3 is 15.0 Å². The maximum absolute atomic E-state index is 12.5. The summed E-state index contributed by atoms with van der Waals surface area (Å²) in [5, 5.41) is 9.76. The fourth-order valence-corrected chi connectivity index (χ4v) is 2.94. The normalized spacial score (nSPS) is 15.0. The first kappa shape index (κ1) is 17.0. The molecule has 2 amide bonds. The number of hydrogen-bond donors (Lipinski definition) is 2. The Kier molecular flexibility index (Phi) is 5.33. The Morgan fingerprint density at radius 3 is 2.80 bits per heavy atom. The predicted molar refractivity (Wildman–Crippen MR) is 93.1 cm³/mol. The number of amides is 2. The molecule has 0 saturated carbocycles. The number of carbonyl (C=O) groups is 2. The minimum absolute atomic E-state index is 0.0655. The molecule has 1 saturated heterocycles. The molecule has 1 aromatic carbocycles. The minimum atomic E-state index is -0.278. The number of benzene rings is 1. The van der Waals surface area contributed by atoms with Gasteiger partial charge in [-0.15, -0.1) is 0 Å². The van der Waals surface area contributed by atoms with Crippen LogP contribution >= 0.6 is 0 Å². The van der Waals surface area contributed by atoms with Crippen LogP contribution in [-0.4, -0.2) is 52.8 Å². The lowest BCUT2D eigenvalue weighted by Gasteiger charge is -2.31. The van der Waals surface area contributed by atoms with E-state index in [0.717, 1.165) is 24.0 Å². The molecule has 0 bridgehead atoms. The SMILES string of the molecule is CCOC(=O)N1CCC(NC(=O)c2cccc(-c3cn[nH]c3)c2)CC1. The summed E-state index contributed by atoms with van der Waals surface area (Å²) in [6, 6.07) is 7.52. The third kappa shape index (κ3) is 4.17. The number of H-pyrrole nitrogens is 1. The van der Waals surface area contributed by atoms with Crippen LogP contribution in [0.25, 0.3) is 11.1 Å². The quantitative estimate of drug-likeness (QED) is 0.893. The third-order valence-electron chi connectivity index (χ3n) is 4.31. The van der Waals surface area contributed by atoms with Gasteiger partial charge in [0.1, 0.15) is 0 Å². The molecule has 7 nitrogen and oxygen atoms in total. The molecule has 2 N–H and O–H groups in total. The van der Waals surface area contributed by atoms with Crippen LogP contribution in [0.2, 0.25) is 0 Å². The second kappa shape index (κ2) is 7.83. The van der Waals surface area contributed by atoms with E-state index in [1.165, 1.54) is 0 Å². The number of likely N-dealkylation sites (tertiary alicyclic amines) is 1. The maximum atomic E-state index is 12.5. The van der Waals surface area contributed by atoms with Gasteiger partial charge >= 0.3 is 6.09 Å². The van der Waals surface area contributed by atoms with Gasteiger partial charge in [0.25, 0.3) is 5.91 Å². The lowest BCUT2D eigenvalue weighted by molar-refractivity contribution is 0.0860. The predicted octanol–water partition coefficient (Wildman–Crippen LogP) is 2.43. The van der Waals surface area contributed by atoms with Crippen molar-refractivity contribution in [2.45, 2.75) is 25.8 Å². The van der Waals surface area contributed by atoms with Crippen molar-refractivity contribution in [2.75, 3.05) is 19.7 Å². The summed E-state index contributed by atoms with van der Waals surface area (Å²) < 4.78 is 5.01. The molecular formula is C18H22N4O3. The molecule has 1 aliphatic heterocycles. The molecule has 0 radical (unpaired) electrons. The highest BCUT2D eigenvalue weighted by molar-refractivity contribution is 5.95. The summed E-state index contributed by atoms with van der Waals surface area (Å²) in [7, 11) is 0. The maximum Gasteiger partial charge on any atom is 0.409 e. The second-order valence-corrected chi connectivity index (χ2v) is 6.00. The van der Waals surface area contributed by atoms with E-state index >= 15 is 0 Å². The molecule has 7 heteroatoms. The largest absolute Gasteiger partial charge is 0.450 e. The standard InChI is InChI=1S/C18H22N4O3/c1-2-25-18(24)22-8-6-16(7-9-22)21-17(23)14-5-3-4-13(10-14)15-11-19-20-12-15/h3-5,10-12,16H,2,6-9H2,1H3,(H,19,20)(H,21,23). The number of carbonyl (C=O) groups excluding carboxylic acids is 2. The Morgan fingerprint density at radius 2 is 2.12 bits per heavy atom. The first-order valence-electron chi connectivity index (χ1n) is 8.49. The van der Waals surface area contributed by atoms with Crippen molar-refractivity contribution in [3.05, 3.63) is 42.2 Å². The van der Waals surface area contributed by atoms with Crippen LogP contribution in [0.4, 0.5) is 4.79 Å². The van der Waals surface area contributed by atoms with Gasteiger partial charge in [-0.05, 0) is 37.5 Å². The van der Waals surface area contributed by atoms with Crippen molar-refractivity contribution in [3.8, 4) is 11.1 Å². The fraction of sp³-hybridized carbons (Fsp3) is 0.389. The van der Waals surface area contributed by atoms with Crippen molar-refractivity contribution >= 4 is 12.0 Å². The van der Waals surface area contributed by atoms with Crippen LogP contribution in [0.5, 0.6) is 0 Å². The molecule has 1 fully saturated rings. The van der Waals surface area contributed by atoms with Crippen molar-refractivity contribution in [3.63, 3.8) is 0 Å². The van der Waals surface area contributed by atoms with Crippen LogP contribution in [-0.2, 0) is 4.74 Å². The van der Waals surface area contributed by atoms with Gasteiger partial charge in [-0.1, -0.05) is 12.1 Å². The summed E-state index contributed by atoms with van der Waals surface area (Å²) in [6.07, 6.45) is 4.70. The van der Waals surface area contributed by atoms with E-state index in [4.69, 9.17) is 4.74 Å². The zero-order valence-corrected chi connectivity index (χ0v) is 14.2. The summed E-state index contributed by atoms with van der Waals surface area (Å²) in [5.74, 6) is -0.0973. The van der Waals surface area contributed by atoms with Crippen LogP contribution < -0.4 is 5.32 Å². The number of aromatic nitrogens is 2. The number of ether oxygens (including phenoxy) is 1. The average molecular weight is 342 g/mol. The Bertz CT molecular complexity index is 722. The highest BCUT2D eigenvalue weighted by Gasteiger charge is 2.24. The van der Waals surface area contributed by atoms with Crippen LogP contribution in [0.15, 0.2) is 36.7 Å². The number of nitrogens with zero attached hydrogens (tertiary/aromatic N) is 2. The van der Waals surface area contributed by atoms with E-state index < -0.39 is 0 Å². The molecule has 0 atom stereocenters. The van der Waals surface area contributed by atoms with E-state index in [0.29, 0.717) is 25.3 Å². The summed E-state index contributed by atoms with van der Waals surface area (Å²) in [6.45, 7) is 3.36. The van der Waals surface area contributed by atoms with Crippen molar-refractivity contribution < 1.29 is 14.3 Å². The van der Waals surface area contributed by atoms with Crippen LogP contribution in [0.3, 0.4) is 0 Å². The lowest BCUT2D eigenvalue weighted by Crippen LogP contribution is -2.46. The fourth-order valence-electron chi connectivity index (χ4n) is 2.94. The van der Waals surface area contributed by atoms with Gasteiger partial charge in [0.2, 0.25) is 0 Å². The molecule has 0 unspecified atom stereocenters. The zero-order chi connectivity index (χ0) is 17.6. The first-order chi connectivity index (χ1) is 12.2. The Labute approximate surface area is 146 Å². The summed E-state index contributed by atoms with van der Waals surface area (Å²) >= 11 is 0. The number of piperidine rings is 1. The van der Waals surface area contributed by atoms with E-state index in [-0.39, 0.29) is 18.0 Å². The topological polar surface area (TPSA) is 87.3 Å². The molecule has 0 spiro atoms. The second-order valence-electron chi connectivity index (χ2n) is 6.00. The number of aromatic amines is 1. The molecule has 2 heterocycles. The monoisotopic (exact) mass is 342 g/mol. The summed E-state index contributed by atoms with van der Waals surface area (Å²) in [5.41, 5.74) is 2.50. The van der Waals surface area contributed by atoms with E-state index in [1.54, 1.807) is 30.3 Å². The van der Waals surface area contributed by atoms with Gasteiger partial charge in [-0.2, -0.15) is 5.10 Å². The van der Waals surface area contributed by atoms with Gasteiger partial charge in [0.15, 0.2) is 0 Å². The molecule has 1 aromatic heterocycles. The first-order valence-corrected chi connectivity index (χ1v) is 8.49. The number of rotatable bonds is 4. The summed E-state index contributed by atoms with van der Waals surface area (Å²) in [4.78, 5) is 25.9. The number of nitrogens with one attached hydrogen (secondary N) is 2. The van der Waals surface area contributed by atoms with E-state index in [9.17, 15) is 9.59 Å². The average Bonchev–Trinajstić information content (AvgIpc) is 3.17. The highest BCUT2D eigenvalue weighted by Crippen LogP contribution is 2.19. The van der Waals surface area contributed by atoms with Gasteiger partial charge in [0, 0.05) is 36.5 Å². The van der Waals surface area contributed by atoms with Crippen LogP contribution in [0.1, 0.15) is 30.1 Å². The van der Waals surface area contributed by atoms with Crippen molar-refractivity contribution in [1.29, 1.82) is 0 Å². The van der Waals surface area contributed by atoms with E-state index in [2.05, 4.69) is 15.5 Å². The highest BCUT2D eigenvalue weighted by atomic mass is 16.6. The Morgan fingerprint density at radius 1 is 1.32 bits per heavy atom. The molecule has 1 aliphatic rings. The van der Waals surface area contributed by atoms with Crippen LogP contribution in [0, 0.1) is 0 Å². The van der Waals surface area contributed by atoms with Crippen molar-refractivity contribution in [2.24, 2.45) is 0 Å². The molecule has 3 rings (SSSR count). The Hall–Kier alpha value is -2.83. The minimum Gasteiger partial charge on any atom is -0.450 e. The van der Waals surface area contributed by atoms with Crippen molar-refractivity contribution in [1.82, 2.24) is 20.4 Å². The molecule has 25 heavy (non-hydrogen) atoms. The van der Waals surface area contributed by atoms with Gasteiger partial charge in [-0.3, -0.25) is 9.89 Å². The van der Waals surface area contributed by atoms with E-state index in [1.807, 2.05) is 18.2 Å². The zero-order valence-electron chi connectivity index (χ0n) is 14.2. The molecule has 132 valence electrons. The van der Waals surface area contributed by atoms with Gasteiger partial charge in [0.05, 0.1) is 12.8 Å².